The molecule has 2 N–H and O–H groups in total. The predicted molar refractivity (Wildman–Crippen MR) is 105 cm³/mol. The van der Waals surface area contributed by atoms with Crippen LogP contribution in [0, 0.1) is 30.5 Å². The lowest BCUT2D eigenvalue weighted by Gasteiger charge is -2.45. The van der Waals surface area contributed by atoms with Crippen LogP contribution in [0.15, 0.2) is 18.2 Å². The number of carbonyl (C=O) groups excluding carboxylic acids is 1. The summed E-state index contributed by atoms with van der Waals surface area (Å²) < 4.78 is 19.4. The highest BCUT2D eigenvalue weighted by molar-refractivity contribution is 5.85. The van der Waals surface area contributed by atoms with E-state index in [-0.39, 0.29) is 42.2 Å². The van der Waals surface area contributed by atoms with Gasteiger partial charge >= 0.3 is 0 Å². The third-order valence-electron chi connectivity index (χ3n) is 6.69. The number of fused-ring (bicyclic) bond motifs is 2. The monoisotopic (exact) mass is 396 g/mol. The highest BCUT2D eigenvalue weighted by Crippen LogP contribution is 2.42. The van der Waals surface area contributed by atoms with Gasteiger partial charge in [-0.25, -0.2) is 4.39 Å². The van der Waals surface area contributed by atoms with E-state index < -0.39 is 0 Å². The third kappa shape index (κ3) is 4.15. The lowest BCUT2D eigenvalue weighted by Crippen LogP contribution is -2.51. The minimum atomic E-state index is -0.206. The number of amides is 1. The second-order valence-corrected chi connectivity index (χ2v) is 8.35. The number of nitrogens with two attached hydrogens (primary N) is 1. The molecule has 6 heteroatoms. The van der Waals surface area contributed by atoms with E-state index in [0.29, 0.717) is 37.1 Å². The molecule has 1 saturated heterocycles. The van der Waals surface area contributed by atoms with Crippen molar-refractivity contribution >= 4 is 18.3 Å². The van der Waals surface area contributed by atoms with Crippen LogP contribution in [-0.4, -0.2) is 36.5 Å². The first-order valence-electron chi connectivity index (χ1n) is 9.95. The molecular weight excluding hydrogens is 367 g/mol. The maximum Gasteiger partial charge on any atom is 0.225 e. The number of hydrogen-bond acceptors (Lipinski definition) is 3. The molecule has 1 aromatic carbocycles. The van der Waals surface area contributed by atoms with Gasteiger partial charge in [0.25, 0.3) is 0 Å². The van der Waals surface area contributed by atoms with Crippen LogP contribution in [-0.2, 0) is 9.53 Å². The molecule has 27 heavy (non-hydrogen) atoms. The van der Waals surface area contributed by atoms with E-state index >= 15 is 0 Å². The van der Waals surface area contributed by atoms with E-state index in [1.165, 1.54) is 25.3 Å². The number of halogens is 2. The summed E-state index contributed by atoms with van der Waals surface area (Å²) in [6.07, 6.45) is 5.30. The molecule has 3 aliphatic rings. The van der Waals surface area contributed by atoms with Gasteiger partial charge in [0.2, 0.25) is 5.91 Å². The molecule has 1 aliphatic heterocycles. The van der Waals surface area contributed by atoms with Crippen LogP contribution in [0.2, 0.25) is 0 Å². The zero-order chi connectivity index (χ0) is 18.3. The third-order valence-corrected chi connectivity index (χ3v) is 6.69. The number of ether oxygens (including phenoxy) is 1. The minimum Gasteiger partial charge on any atom is -0.370 e. The Morgan fingerprint density at radius 1 is 1.26 bits per heavy atom. The quantitative estimate of drug-likeness (QED) is 0.830. The van der Waals surface area contributed by atoms with Crippen LogP contribution in [0.3, 0.4) is 0 Å². The molecule has 1 heterocycles. The van der Waals surface area contributed by atoms with Gasteiger partial charge in [0.05, 0.1) is 13.2 Å². The van der Waals surface area contributed by atoms with Crippen LogP contribution < -0.4 is 5.73 Å². The second-order valence-electron chi connectivity index (χ2n) is 8.35. The van der Waals surface area contributed by atoms with Gasteiger partial charge in [-0.05, 0) is 61.6 Å². The molecular formula is C21H30ClFN2O2. The molecule has 3 fully saturated rings. The average Bonchev–Trinajstić information content (AvgIpc) is 2.63. The van der Waals surface area contributed by atoms with E-state index in [4.69, 9.17) is 10.5 Å². The molecule has 3 atom stereocenters. The number of rotatable bonds is 2. The summed E-state index contributed by atoms with van der Waals surface area (Å²) >= 11 is 0. The van der Waals surface area contributed by atoms with Gasteiger partial charge in [0, 0.05) is 18.5 Å². The standard InChI is InChI=1S/C21H29FN2O2.ClH/c1-13-9-14(5-6-18(13)22)19-12-24(7-8-26-19)21(25)17-10-15-3-2-4-16(11-17)20(15)23;/h5-6,9,15-17,19-20H,2-4,7-8,10-12,23H2,1H3;1H. The van der Waals surface area contributed by atoms with Crippen molar-refractivity contribution in [1.29, 1.82) is 0 Å². The van der Waals surface area contributed by atoms with Crippen molar-refractivity contribution in [3.63, 3.8) is 0 Å². The SMILES string of the molecule is Cc1cc(C2CN(C(=O)C3CC4CCCC(C3)C4N)CCO2)ccc1F.Cl. The molecule has 2 aliphatic carbocycles. The summed E-state index contributed by atoms with van der Waals surface area (Å²) in [7, 11) is 0. The van der Waals surface area contributed by atoms with E-state index in [0.717, 1.165) is 18.4 Å². The van der Waals surface area contributed by atoms with Crippen LogP contribution >= 0.6 is 12.4 Å². The molecule has 0 radical (unpaired) electrons. The summed E-state index contributed by atoms with van der Waals surface area (Å²) in [6, 6.07) is 5.37. The molecule has 1 aromatic rings. The zero-order valence-electron chi connectivity index (χ0n) is 15.9. The van der Waals surface area contributed by atoms with Crippen LogP contribution in [0.25, 0.3) is 0 Å². The molecule has 0 aromatic heterocycles. The van der Waals surface area contributed by atoms with E-state index in [9.17, 15) is 9.18 Å². The maximum atomic E-state index is 13.5. The Balaban J connectivity index is 0.00000210. The van der Waals surface area contributed by atoms with Gasteiger partial charge in [0.15, 0.2) is 0 Å². The highest BCUT2D eigenvalue weighted by Gasteiger charge is 2.42. The number of nitrogens with zero attached hydrogens (tertiary/aromatic N) is 1. The van der Waals surface area contributed by atoms with Crippen LogP contribution in [0.5, 0.6) is 0 Å². The fraction of sp³-hybridized carbons (Fsp3) is 0.667. The number of carbonyl (C=O) groups is 1. The first-order valence-corrected chi connectivity index (χ1v) is 9.95. The number of morpholine rings is 1. The van der Waals surface area contributed by atoms with Gasteiger partial charge in [-0.2, -0.15) is 0 Å². The van der Waals surface area contributed by atoms with Crippen molar-refractivity contribution < 1.29 is 13.9 Å². The van der Waals surface area contributed by atoms with E-state index in [2.05, 4.69) is 0 Å². The molecule has 0 spiro atoms. The summed E-state index contributed by atoms with van der Waals surface area (Å²) in [5.41, 5.74) is 7.94. The molecule has 2 saturated carbocycles. The van der Waals surface area contributed by atoms with Crippen LogP contribution in [0.1, 0.15) is 49.3 Å². The Hall–Kier alpha value is -1.17. The van der Waals surface area contributed by atoms with Gasteiger partial charge in [0.1, 0.15) is 11.9 Å². The lowest BCUT2D eigenvalue weighted by molar-refractivity contribution is -0.146. The number of benzene rings is 1. The fourth-order valence-electron chi connectivity index (χ4n) is 5.17. The van der Waals surface area contributed by atoms with E-state index in [1.807, 2.05) is 11.0 Å². The zero-order valence-corrected chi connectivity index (χ0v) is 16.7. The van der Waals surface area contributed by atoms with Crippen molar-refractivity contribution in [2.75, 3.05) is 19.7 Å². The molecule has 4 rings (SSSR count). The molecule has 3 unspecified atom stereocenters. The van der Waals surface area contributed by atoms with Crippen molar-refractivity contribution in [2.45, 2.75) is 51.2 Å². The van der Waals surface area contributed by atoms with Gasteiger partial charge in [-0.3, -0.25) is 4.79 Å². The Labute approximate surface area is 167 Å². The predicted octanol–water partition coefficient (Wildman–Crippen LogP) is 3.61. The van der Waals surface area contributed by atoms with Gasteiger partial charge in [-0.15, -0.1) is 12.4 Å². The van der Waals surface area contributed by atoms with Gasteiger partial charge in [-0.1, -0.05) is 18.6 Å². The molecule has 1 amide bonds. The van der Waals surface area contributed by atoms with Gasteiger partial charge < -0.3 is 15.4 Å². The fourth-order valence-corrected chi connectivity index (χ4v) is 5.17. The van der Waals surface area contributed by atoms with E-state index in [1.54, 1.807) is 13.0 Å². The highest BCUT2D eigenvalue weighted by atomic mass is 35.5. The number of hydrogen-bond donors (Lipinski definition) is 1. The number of aryl methyl sites for hydroxylation is 1. The Morgan fingerprint density at radius 2 is 1.96 bits per heavy atom. The van der Waals surface area contributed by atoms with Crippen molar-refractivity contribution in [3.8, 4) is 0 Å². The molecule has 4 nitrogen and oxygen atoms in total. The molecule has 150 valence electrons. The Morgan fingerprint density at radius 3 is 2.63 bits per heavy atom. The molecule has 2 bridgehead atoms. The Bertz CT molecular complexity index is 672. The summed E-state index contributed by atoms with van der Waals surface area (Å²) in [4.78, 5) is 15.1. The van der Waals surface area contributed by atoms with Crippen molar-refractivity contribution in [1.82, 2.24) is 4.90 Å². The Kier molecular flexibility index (Phi) is 6.44. The minimum absolute atomic E-state index is 0. The first kappa shape index (κ1) is 20.6. The second kappa shape index (κ2) is 8.46. The first-order chi connectivity index (χ1) is 12.5. The van der Waals surface area contributed by atoms with Crippen LogP contribution in [0.4, 0.5) is 4.39 Å². The van der Waals surface area contributed by atoms with Crippen molar-refractivity contribution in [2.24, 2.45) is 23.5 Å². The topological polar surface area (TPSA) is 55.6 Å². The normalized spacial score (nSPS) is 33.3. The summed E-state index contributed by atoms with van der Waals surface area (Å²) in [5.74, 6) is 1.18. The lowest BCUT2D eigenvalue weighted by atomic mass is 9.65. The summed E-state index contributed by atoms with van der Waals surface area (Å²) in [5, 5.41) is 0. The maximum absolute atomic E-state index is 13.5. The smallest absolute Gasteiger partial charge is 0.225 e. The summed E-state index contributed by atoms with van der Waals surface area (Å²) in [6.45, 7) is 3.50. The van der Waals surface area contributed by atoms with Crippen molar-refractivity contribution in [3.05, 3.63) is 35.1 Å². The average molecular weight is 397 g/mol. The largest absolute Gasteiger partial charge is 0.370 e.